The number of carbonyl (C=O) groups is 1. The Hall–Kier alpha value is -0.390. The molecule has 1 fully saturated rings. The van der Waals surface area contributed by atoms with Crippen LogP contribution >= 0.6 is 27.3 Å². The van der Waals surface area contributed by atoms with Gasteiger partial charge in [0, 0.05) is 14.7 Å². The van der Waals surface area contributed by atoms with Crippen molar-refractivity contribution in [3.05, 3.63) is 20.8 Å². The van der Waals surface area contributed by atoms with E-state index in [1.54, 1.807) is 11.3 Å². The molecule has 2 rings (SSSR count). The van der Waals surface area contributed by atoms with Crippen molar-refractivity contribution in [2.75, 3.05) is 13.1 Å². The van der Waals surface area contributed by atoms with Gasteiger partial charge in [0.1, 0.15) is 0 Å². The zero-order valence-corrected chi connectivity index (χ0v) is 11.2. The first kappa shape index (κ1) is 12.1. The maximum Gasteiger partial charge on any atom is 0.306 e. The number of carboxylic acid groups (broad SMARTS) is 1. The van der Waals surface area contributed by atoms with Gasteiger partial charge in [-0.15, -0.1) is 11.3 Å². The summed E-state index contributed by atoms with van der Waals surface area (Å²) >= 11 is 5.17. The van der Waals surface area contributed by atoms with Crippen LogP contribution in [-0.2, 0) is 11.2 Å². The Kier molecular flexibility index (Phi) is 4.00. The fourth-order valence-corrected chi connectivity index (χ4v) is 3.21. The Morgan fingerprint density at radius 1 is 1.69 bits per heavy atom. The summed E-state index contributed by atoms with van der Waals surface area (Å²) in [4.78, 5) is 11.9. The largest absolute Gasteiger partial charge is 0.481 e. The van der Waals surface area contributed by atoms with Crippen molar-refractivity contribution in [2.45, 2.75) is 12.8 Å². The molecule has 1 heterocycles. The van der Waals surface area contributed by atoms with Crippen molar-refractivity contribution in [1.29, 1.82) is 0 Å². The van der Waals surface area contributed by atoms with E-state index in [4.69, 9.17) is 5.11 Å². The molecular formula is C11H14BrNO2S. The van der Waals surface area contributed by atoms with Crippen molar-refractivity contribution in [2.24, 2.45) is 11.8 Å². The zero-order chi connectivity index (χ0) is 11.5. The average Bonchev–Trinajstić information content (AvgIpc) is 2.90. The van der Waals surface area contributed by atoms with E-state index in [9.17, 15) is 4.79 Å². The van der Waals surface area contributed by atoms with Crippen LogP contribution in [0.5, 0.6) is 0 Å². The van der Waals surface area contributed by atoms with E-state index in [0.717, 1.165) is 30.4 Å². The molecule has 2 atom stereocenters. The standard InChI is InChI=1S/C11H14BrNO2S/c12-8-4-9(16-6-8)1-2-13-5-7-3-10(7)11(14)15/h4,6-7,10,13H,1-3,5H2,(H,14,15). The highest BCUT2D eigenvalue weighted by Gasteiger charge is 2.42. The molecule has 16 heavy (non-hydrogen) atoms. The zero-order valence-electron chi connectivity index (χ0n) is 8.78. The van der Waals surface area contributed by atoms with E-state index in [-0.39, 0.29) is 5.92 Å². The Morgan fingerprint density at radius 3 is 3.06 bits per heavy atom. The number of carboxylic acids is 1. The van der Waals surface area contributed by atoms with Gasteiger partial charge in [-0.05, 0) is 53.8 Å². The number of hydrogen-bond donors (Lipinski definition) is 2. The van der Waals surface area contributed by atoms with Crippen LogP contribution in [0.25, 0.3) is 0 Å². The van der Waals surface area contributed by atoms with Gasteiger partial charge in [-0.3, -0.25) is 4.79 Å². The van der Waals surface area contributed by atoms with Gasteiger partial charge >= 0.3 is 5.97 Å². The average molecular weight is 304 g/mol. The van der Waals surface area contributed by atoms with Crippen molar-refractivity contribution in [3.63, 3.8) is 0 Å². The van der Waals surface area contributed by atoms with Crippen LogP contribution in [0.1, 0.15) is 11.3 Å². The summed E-state index contributed by atoms with van der Waals surface area (Å²) in [5.74, 6) is -0.384. The molecule has 0 spiro atoms. The summed E-state index contributed by atoms with van der Waals surface area (Å²) in [6.45, 7) is 1.76. The van der Waals surface area contributed by atoms with Gasteiger partial charge in [0.25, 0.3) is 0 Å². The van der Waals surface area contributed by atoms with Crippen LogP contribution in [0, 0.1) is 11.8 Å². The molecule has 5 heteroatoms. The van der Waals surface area contributed by atoms with Gasteiger partial charge < -0.3 is 10.4 Å². The minimum Gasteiger partial charge on any atom is -0.481 e. The lowest BCUT2D eigenvalue weighted by atomic mass is 10.3. The fourth-order valence-electron chi connectivity index (χ4n) is 1.76. The van der Waals surface area contributed by atoms with Crippen LogP contribution < -0.4 is 5.32 Å². The van der Waals surface area contributed by atoms with Gasteiger partial charge in [0.15, 0.2) is 0 Å². The Morgan fingerprint density at radius 2 is 2.50 bits per heavy atom. The molecule has 1 aromatic heterocycles. The topological polar surface area (TPSA) is 49.3 Å². The Bertz CT molecular complexity index is 380. The molecule has 3 nitrogen and oxygen atoms in total. The third-order valence-corrected chi connectivity index (χ3v) is 4.57. The molecule has 1 aliphatic rings. The molecule has 0 radical (unpaired) electrons. The second-order valence-electron chi connectivity index (χ2n) is 4.13. The molecule has 0 aliphatic heterocycles. The number of thiophene rings is 1. The first-order valence-electron chi connectivity index (χ1n) is 5.33. The summed E-state index contributed by atoms with van der Waals surface area (Å²) in [6.07, 6.45) is 1.85. The number of aliphatic carboxylic acids is 1. The lowest BCUT2D eigenvalue weighted by Crippen LogP contribution is -2.21. The van der Waals surface area contributed by atoms with Crippen molar-refractivity contribution in [3.8, 4) is 0 Å². The summed E-state index contributed by atoms with van der Waals surface area (Å²) in [5.41, 5.74) is 0. The summed E-state index contributed by atoms with van der Waals surface area (Å²) in [7, 11) is 0. The van der Waals surface area contributed by atoms with Crippen LogP contribution in [0.15, 0.2) is 15.9 Å². The quantitative estimate of drug-likeness (QED) is 0.793. The highest BCUT2D eigenvalue weighted by Crippen LogP contribution is 2.37. The number of rotatable bonds is 6. The second-order valence-corrected chi connectivity index (χ2v) is 6.04. The first-order chi connectivity index (χ1) is 7.66. The molecular weight excluding hydrogens is 290 g/mol. The molecule has 2 unspecified atom stereocenters. The molecule has 0 bridgehead atoms. The lowest BCUT2D eigenvalue weighted by Gasteiger charge is -2.01. The van der Waals surface area contributed by atoms with Gasteiger partial charge in [-0.2, -0.15) is 0 Å². The highest BCUT2D eigenvalue weighted by molar-refractivity contribution is 9.10. The summed E-state index contributed by atoms with van der Waals surface area (Å²) < 4.78 is 1.14. The van der Waals surface area contributed by atoms with Crippen molar-refractivity contribution >= 4 is 33.2 Å². The molecule has 1 aromatic rings. The van der Waals surface area contributed by atoms with E-state index in [1.165, 1.54) is 4.88 Å². The maximum absolute atomic E-state index is 10.6. The van der Waals surface area contributed by atoms with Gasteiger partial charge in [-0.25, -0.2) is 0 Å². The van der Waals surface area contributed by atoms with E-state index in [1.807, 2.05) is 0 Å². The van der Waals surface area contributed by atoms with Crippen molar-refractivity contribution < 1.29 is 9.90 Å². The second kappa shape index (κ2) is 5.29. The molecule has 2 N–H and O–H groups in total. The third-order valence-electron chi connectivity index (χ3n) is 2.82. The van der Waals surface area contributed by atoms with Crippen LogP contribution in [-0.4, -0.2) is 24.2 Å². The Balaban J connectivity index is 1.58. The van der Waals surface area contributed by atoms with E-state index in [0.29, 0.717) is 5.92 Å². The SMILES string of the molecule is O=C(O)C1CC1CNCCc1cc(Br)cs1. The normalized spacial score (nSPS) is 23.3. The third kappa shape index (κ3) is 3.30. The fraction of sp³-hybridized carbons (Fsp3) is 0.545. The molecule has 0 amide bonds. The Labute approximate surface area is 107 Å². The summed E-state index contributed by atoms with van der Waals surface area (Å²) in [5, 5.41) is 14.1. The number of halogens is 1. The summed E-state index contributed by atoms with van der Waals surface area (Å²) in [6, 6.07) is 2.13. The highest BCUT2D eigenvalue weighted by atomic mass is 79.9. The molecule has 1 aliphatic carbocycles. The molecule has 88 valence electrons. The molecule has 0 saturated heterocycles. The lowest BCUT2D eigenvalue weighted by molar-refractivity contribution is -0.138. The minimum atomic E-state index is -0.644. The van der Waals surface area contributed by atoms with E-state index >= 15 is 0 Å². The number of hydrogen-bond acceptors (Lipinski definition) is 3. The van der Waals surface area contributed by atoms with Gasteiger partial charge in [0.05, 0.1) is 5.92 Å². The monoisotopic (exact) mass is 303 g/mol. The molecule has 1 saturated carbocycles. The van der Waals surface area contributed by atoms with Crippen molar-refractivity contribution in [1.82, 2.24) is 5.32 Å². The molecule has 0 aromatic carbocycles. The van der Waals surface area contributed by atoms with Crippen LogP contribution in [0.4, 0.5) is 0 Å². The van der Waals surface area contributed by atoms with Crippen LogP contribution in [0.3, 0.4) is 0 Å². The van der Waals surface area contributed by atoms with E-state index < -0.39 is 5.97 Å². The number of nitrogens with one attached hydrogen (secondary N) is 1. The van der Waals surface area contributed by atoms with Gasteiger partial charge in [-0.1, -0.05) is 0 Å². The minimum absolute atomic E-state index is 0.0941. The van der Waals surface area contributed by atoms with Gasteiger partial charge in [0.2, 0.25) is 0 Å². The predicted molar refractivity (Wildman–Crippen MR) is 67.8 cm³/mol. The first-order valence-corrected chi connectivity index (χ1v) is 7.00. The van der Waals surface area contributed by atoms with E-state index in [2.05, 4.69) is 32.7 Å². The predicted octanol–water partition coefficient (Wildman–Crippen LogP) is 2.36. The van der Waals surface area contributed by atoms with Crippen LogP contribution in [0.2, 0.25) is 0 Å². The maximum atomic E-state index is 10.6. The smallest absolute Gasteiger partial charge is 0.306 e.